The summed E-state index contributed by atoms with van der Waals surface area (Å²) < 4.78 is 41.9. The zero-order valence-corrected chi connectivity index (χ0v) is 15.8. The number of halogens is 1. The highest BCUT2D eigenvalue weighted by molar-refractivity contribution is 7.89. The lowest BCUT2D eigenvalue weighted by atomic mass is 10.2. The molecule has 0 aliphatic rings. The number of rotatable bonds is 8. The fourth-order valence-electron chi connectivity index (χ4n) is 2.05. The van der Waals surface area contributed by atoms with E-state index in [1.165, 1.54) is 32.4 Å². The molecule has 9 heteroatoms. The number of methoxy groups -OCH3 is 2. The summed E-state index contributed by atoms with van der Waals surface area (Å²) in [5.74, 6) is -0.0729. The first-order valence-corrected chi connectivity index (χ1v) is 9.34. The maximum absolute atomic E-state index is 12.3. The number of nitrogens with one attached hydrogen (secondary N) is 1. The van der Waals surface area contributed by atoms with Gasteiger partial charge in [0.25, 0.3) is 0 Å². The van der Waals surface area contributed by atoms with Crippen molar-refractivity contribution in [3.05, 3.63) is 53.1 Å². The van der Waals surface area contributed by atoms with Gasteiger partial charge in [-0.15, -0.1) is 0 Å². The summed E-state index contributed by atoms with van der Waals surface area (Å²) in [5.41, 5.74) is 0.630. The second-order valence-corrected chi connectivity index (χ2v) is 7.27. The second-order valence-electron chi connectivity index (χ2n) is 5.09. The molecule has 0 fully saturated rings. The maximum Gasteiger partial charge on any atom is 0.321 e. The Labute approximate surface area is 156 Å². The number of hydrogen-bond acceptors (Lipinski definition) is 6. The van der Waals surface area contributed by atoms with Crippen LogP contribution in [-0.4, -0.2) is 35.2 Å². The molecule has 7 nitrogen and oxygen atoms in total. The standard InChI is InChI=1S/C17H18ClNO6S/c1-23-15-8-7-13(9-16(15)24-2)26(21,22)19-10-17(20)25-11-12-5-3-4-6-14(12)18/h3-9,19H,10-11H2,1-2H3. The topological polar surface area (TPSA) is 90.9 Å². The molecule has 0 spiro atoms. The van der Waals surface area contributed by atoms with E-state index >= 15 is 0 Å². The van der Waals surface area contributed by atoms with Crippen LogP contribution in [0.1, 0.15) is 5.56 Å². The number of benzene rings is 2. The minimum absolute atomic E-state index is 0.0450. The molecule has 2 aromatic rings. The average Bonchev–Trinajstić information content (AvgIpc) is 2.65. The van der Waals surface area contributed by atoms with E-state index in [1.807, 2.05) is 0 Å². The Kier molecular flexibility index (Phi) is 6.84. The first-order valence-electron chi connectivity index (χ1n) is 7.48. The highest BCUT2D eigenvalue weighted by Gasteiger charge is 2.18. The van der Waals surface area contributed by atoms with Crippen LogP contribution < -0.4 is 14.2 Å². The molecule has 0 aliphatic heterocycles. The van der Waals surface area contributed by atoms with Gasteiger partial charge in [-0.1, -0.05) is 29.8 Å². The van der Waals surface area contributed by atoms with Crippen LogP contribution in [-0.2, 0) is 26.2 Å². The van der Waals surface area contributed by atoms with Gasteiger partial charge in [0, 0.05) is 16.7 Å². The van der Waals surface area contributed by atoms with Crippen LogP contribution in [0.25, 0.3) is 0 Å². The van der Waals surface area contributed by atoms with Crippen molar-refractivity contribution in [2.75, 3.05) is 20.8 Å². The molecule has 0 unspecified atom stereocenters. The Morgan fingerprint density at radius 3 is 2.42 bits per heavy atom. The Morgan fingerprint density at radius 2 is 1.77 bits per heavy atom. The average molecular weight is 400 g/mol. The van der Waals surface area contributed by atoms with E-state index in [2.05, 4.69) is 4.72 Å². The zero-order chi connectivity index (χ0) is 19.2. The summed E-state index contributed by atoms with van der Waals surface area (Å²) >= 11 is 5.97. The first kappa shape index (κ1) is 20.0. The number of carbonyl (C=O) groups is 1. The first-order chi connectivity index (χ1) is 12.4. The maximum atomic E-state index is 12.3. The number of ether oxygens (including phenoxy) is 3. The third-order valence-electron chi connectivity index (χ3n) is 3.42. The molecule has 0 saturated carbocycles. The summed E-state index contributed by atoms with van der Waals surface area (Å²) in [4.78, 5) is 11.7. The molecule has 26 heavy (non-hydrogen) atoms. The van der Waals surface area contributed by atoms with Crippen molar-refractivity contribution < 1.29 is 27.4 Å². The van der Waals surface area contributed by atoms with Gasteiger partial charge in [-0.3, -0.25) is 4.79 Å². The zero-order valence-electron chi connectivity index (χ0n) is 14.2. The van der Waals surface area contributed by atoms with E-state index in [0.717, 1.165) is 0 Å². The molecule has 0 aliphatic carbocycles. The second kappa shape index (κ2) is 8.88. The van der Waals surface area contributed by atoms with Crippen LogP contribution in [0, 0.1) is 0 Å². The number of sulfonamides is 1. The molecule has 0 atom stereocenters. The van der Waals surface area contributed by atoms with Crippen LogP contribution in [0.2, 0.25) is 5.02 Å². The minimum Gasteiger partial charge on any atom is -0.493 e. The highest BCUT2D eigenvalue weighted by Crippen LogP contribution is 2.29. The van der Waals surface area contributed by atoms with Gasteiger partial charge in [0.2, 0.25) is 10.0 Å². The van der Waals surface area contributed by atoms with Gasteiger partial charge >= 0.3 is 5.97 Å². The SMILES string of the molecule is COc1ccc(S(=O)(=O)NCC(=O)OCc2ccccc2Cl)cc1OC. The summed E-state index contributed by atoms with van der Waals surface area (Å²) in [6, 6.07) is 11.0. The molecule has 0 aromatic heterocycles. The number of hydrogen-bond donors (Lipinski definition) is 1. The van der Waals surface area contributed by atoms with E-state index in [1.54, 1.807) is 24.3 Å². The monoisotopic (exact) mass is 399 g/mol. The molecule has 2 rings (SSSR count). The Balaban J connectivity index is 1.97. The van der Waals surface area contributed by atoms with Gasteiger partial charge in [0.1, 0.15) is 13.2 Å². The molecule has 0 saturated heterocycles. The lowest BCUT2D eigenvalue weighted by Gasteiger charge is -2.11. The third kappa shape index (κ3) is 5.10. The van der Waals surface area contributed by atoms with Gasteiger partial charge in [-0.05, 0) is 18.2 Å². The van der Waals surface area contributed by atoms with Crippen LogP contribution >= 0.6 is 11.6 Å². The summed E-state index contributed by atoms with van der Waals surface area (Å²) in [6.45, 7) is -0.558. The molecular weight excluding hydrogens is 382 g/mol. The van der Waals surface area contributed by atoms with E-state index in [4.69, 9.17) is 25.8 Å². The van der Waals surface area contributed by atoms with Crippen molar-refractivity contribution in [3.8, 4) is 11.5 Å². The molecule has 140 valence electrons. The minimum atomic E-state index is -3.92. The van der Waals surface area contributed by atoms with E-state index in [-0.39, 0.29) is 17.3 Å². The van der Waals surface area contributed by atoms with Crippen LogP contribution in [0.15, 0.2) is 47.4 Å². The summed E-state index contributed by atoms with van der Waals surface area (Å²) in [6.07, 6.45) is 0. The van der Waals surface area contributed by atoms with Crippen molar-refractivity contribution in [1.29, 1.82) is 0 Å². The molecular formula is C17H18ClNO6S. The molecule has 0 amide bonds. The van der Waals surface area contributed by atoms with Crippen molar-refractivity contribution in [2.24, 2.45) is 0 Å². The molecule has 0 bridgehead atoms. The van der Waals surface area contributed by atoms with Crippen molar-refractivity contribution >= 4 is 27.6 Å². The van der Waals surface area contributed by atoms with E-state index < -0.39 is 22.5 Å². The lowest BCUT2D eigenvalue weighted by molar-refractivity contribution is -0.143. The van der Waals surface area contributed by atoms with Crippen LogP contribution in [0.3, 0.4) is 0 Å². The van der Waals surface area contributed by atoms with Crippen molar-refractivity contribution in [3.63, 3.8) is 0 Å². The number of esters is 1. The van der Waals surface area contributed by atoms with Gasteiger partial charge in [0.15, 0.2) is 11.5 Å². The fraction of sp³-hybridized carbons (Fsp3) is 0.235. The quantitative estimate of drug-likeness (QED) is 0.685. The normalized spacial score (nSPS) is 11.0. The lowest BCUT2D eigenvalue weighted by Crippen LogP contribution is -2.30. The van der Waals surface area contributed by atoms with Gasteiger partial charge in [-0.25, -0.2) is 8.42 Å². The van der Waals surface area contributed by atoms with Crippen LogP contribution in [0.5, 0.6) is 11.5 Å². The van der Waals surface area contributed by atoms with Gasteiger partial charge in [0.05, 0.1) is 19.1 Å². The van der Waals surface area contributed by atoms with E-state index in [9.17, 15) is 13.2 Å². The van der Waals surface area contributed by atoms with Crippen LogP contribution in [0.4, 0.5) is 0 Å². The fourth-order valence-corrected chi connectivity index (χ4v) is 3.22. The summed E-state index contributed by atoms with van der Waals surface area (Å²) in [7, 11) is -1.08. The molecule has 0 radical (unpaired) electrons. The molecule has 1 N–H and O–H groups in total. The van der Waals surface area contributed by atoms with Gasteiger partial charge in [-0.2, -0.15) is 4.72 Å². The predicted molar refractivity (Wildman–Crippen MR) is 96.0 cm³/mol. The van der Waals surface area contributed by atoms with Crippen molar-refractivity contribution in [1.82, 2.24) is 4.72 Å². The largest absolute Gasteiger partial charge is 0.493 e. The van der Waals surface area contributed by atoms with E-state index in [0.29, 0.717) is 16.3 Å². The van der Waals surface area contributed by atoms with Crippen molar-refractivity contribution in [2.45, 2.75) is 11.5 Å². The highest BCUT2D eigenvalue weighted by atomic mass is 35.5. The smallest absolute Gasteiger partial charge is 0.321 e. The Bertz CT molecular complexity index is 885. The Hall–Kier alpha value is -2.29. The summed E-state index contributed by atoms with van der Waals surface area (Å²) in [5, 5.41) is 0.464. The number of carbonyl (C=O) groups excluding carboxylic acids is 1. The molecule has 0 heterocycles. The third-order valence-corrected chi connectivity index (χ3v) is 5.19. The molecule has 2 aromatic carbocycles. The Morgan fingerprint density at radius 1 is 1.08 bits per heavy atom. The van der Waals surface area contributed by atoms with Gasteiger partial charge < -0.3 is 14.2 Å². The predicted octanol–water partition coefficient (Wildman–Crippen LogP) is 2.38.